The highest BCUT2D eigenvalue weighted by Gasteiger charge is 2.25. The summed E-state index contributed by atoms with van der Waals surface area (Å²) < 4.78 is 7.04. The predicted octanol–water partition coefficient (Wildman–Crippen LogP) is 3.79. The standard InChI is InChI=1S/C24H30N4O3S2/c1-5-26-12-11-18-19(14-26)33-22-21(18)23(30)28(16-9-8-10-17(13-16)31-4)24(25-22)32-15-20(29)27(6-2)7-3/h8-10,13H,5-7,11-12,14-15H2,1-4H3. The predicted molar refractivity (Wildman–Crippen MR) is 135 cm³/mol. The van der Waals surface area contributed by atoms with Gasteiger partial charge in [0.25, 0.3) is 5.56 Å². The SMILES string of the molecule is CCN1CCc2c(sc3nc(SCC(=O)N(CC)CC)n(-c4cccc(OC)c4)c(=O)c23)C1. The third-order valence-electron chi connectivity index (χ3n) is 6.12. The van der Waals surface area contributed by atoms with Gasteiger partial charge in [-0.25, -0.2) is 4.98 Å². The summed E-state index contributed by atoms with van der Waals surface area (Å²) in [5.41, 5.74) is 1.75. The van der Waals surface area contributed by atoms with Gasteiger partial charge >= 0.3 is 0 Å². The third kappa shape index (κ3) is 4.67. The molecule has 33 heavy (non-hydrogen) atoms. The van der Waals surface area contributed by atoms with Crippen LogP contribution in [0.25, 0.3) is 15.9 Å². The lowest BCUT2D eigenvalue weighted by Crippen LogP contribution is -2.32. The minimum atomic E-state index is -0.0755. The smallest absolute Gasteiger partial charge is 0.267 e. The van der Waals surface area contributed by atoms with Crippen molar-refractivity contribution in [3.8, 4) is 11.4 Å². The number of hydrogen-bond donors (Lipinski definition) is 0. The first-order valence-electron chi connectivity index (χ1n) is 11.3. The topological polar surface area (TPSA) is 67.7 Å². The Kier molecular flexibility index (Phi) is 7.41. The Balaban J connectivity index is 1.84. The molecule has 0 atom stereocenters. The summed E-state index contributed by atoms with van der Waals surface area (Å²) in [6, 6.07) is 7.43. The molecule has 0 saturated carbocycles. The van der Waals surface area contributed by atoms with Crippen molar-refractivity contribution in [2.75, 3.05) is 39.0 Å². The molecule has 1 aliphatic heterocycles. The summed E-state index contributed by atoms with van der Waals surface area (Å²) in [4.78, 5) is 37.6. The minimum absolute atomic E-state index is 0.0422. The first-order valence-corrected chi connectivity index (χ1v) is 13.1. The van der Waals surface area contributed by atoms with E-state index in [1.807, 2.05) is 38.1 Å². The number of hydrogen-bond acceptors (Lipinski definition) is 7. The molecule has 2 aromatic heterocycles. The maximum absolute atomic E-state index is 13.9. The van der Waals surface area contributed by atoms with Crippen LogP contribution in [-0.4, -0.2) is 64.3 Å². The van der Waals surface area contributed by atoms with E-state index in [0.29, 0.717) is 35.1 Å². The molecule has 0 radical (unpaired) electrons. The van der Waals surface area contributed by atoms with Crippen LogP contribution >= 0.6 is 23.1 Å². The van der Waals surface area contributed by atoms with Gasteiger partial charge in [-0.1, -0.05) is 24.8 Å². The van der Waals surface area contributed by atoms with E-state index in [1.54, 1.807) is 27.9 Å². The molecule has 7 nitrogen and oxygen atoms in total. The summed E-state index contributed by atoms with van der Waals surface area (Å²) >= 11 is 2.93. The largest absolute Gasteiger partial charge is 0.497 e. The number of fused-ring (bicyclic) bond motifs is 3. The average molecular weight is 487 g/mol. The number of thiophene rings is 1. The van der Waals surface area contributed by atoms with Crippen molar-refractivity contribution in [3.05, 3.63) is 45.1 Å². The normalized spacial score (nSPS) is 13.8. The van der Waals surface area contributed by atoms with Crippen molar-refractivity contribution in [2.45, 2.75) is 38.9 Å². The highest BCUT2D eigenvalue weighted by atomic mass is 32.2. The van der Waals surface area contributed by atoms with E-state index in [-0.39, 0.29) is 17.2 Å². The quantitative estimate of drug-likeness (QED) is 0.356. The van der Waals surface area contributed by atoms with Gasteiger partial charge in [0, 0.05) is 37.1 Å². The Morgan fingerprint density at radius 1 is 1.27 bits per heavy atom. The van der Waals surface area contributed by atoms with Crippen molar-refractivity contribution in [2.24, 2.45) is 0 Å². The number of thioether (sulfide) groups is 1. The first kappa shape index (κ1) is 23.8. The van der Waals surface area contributed by atoms with Crippen LogP contribution in [0.4, 0.5) is 0 Å². The van der Waals surface area contributed by atoms with Crippen LogP contribution in [0.1, 0.15) is 31.2 Å². The van der Waals surface area contributed by atoms with Gasteiger partial charge in [0.05, 0.1) is 23.9 Å². The number of rotatable bonds is 8. The van der Waals surface area contributed by atoms with Crippen molar-refractivity contribution >= 4 is 39.2 Å². The second-order valence-electron chi connectivity index (χ2n) is 7.89. The number of carbonyl (C=O) groups is 1. The van der Waals surface area contributed by atoms with Gasteiger partial charge in [0.1, 0.15) is 10.6 Å². The Bertz CT molecular complexity index is 1220. The number of aromatic nitrogens is 2. The molecule has 0 fully saturated rings. The van der Waals surface area contributed by atoms with Gasteiger partial charge in [-0.2, -0.15) is 0 Å². The van der Waals surface area contributed by atoms with Crippen LogP contribution in [0.15, 0.2) is 34.2 Å². The lowest BCUT2D eigenvalue weighted by atomic mass is 10.1. The highest BCUT2D eigenvalue weighted by molar-refractivity contribution is 7.99. The average Bonchev–Trinajstić information content (AvgIpc) is 3.21. The van der Waals surface area contributed by atoms with Gasteiger partial charge in [-0.15, -0.1) is 11.3 Å². The molecule has 0 bridgehead atoms. The molecular formula is C24H30N4O3S2. The molecule has 1 aliphatic rings. The van der Waals surface area contributed by atoms with Crippen LogP contribution in [-0.2, 0) is 17.8 Å². The number of ether oxygens (including phenoxy) is 1. The Hall–Kier alpha value is -2.36. The van der Waals surface area contributed by atoms with E-state index < -0.39 is 0 Å². The zero-order valence-corrected chi connectivity index (χ0v) is 21.2. The van der Waals surface area contributed by atoms with E-state index >= 15 is 0 Å². The van der Waals surface area contributed by atoms with Gasteiger partial charge in [0.15, 0.2) is 5.16 Å². The molecule has 1 aromatic carbocycles. The summed E-state index contributed by atoms with van der Waals surface area (Å²) in [7, 11) is 1.61. The van der Waals surface area contributed by atoms with Crippen molar-refractivity contribution in [1.29, 1.82) is 0 Å². The summed E-state index contributed by atoms with van der Waals surface area (Å²) in [6.45, 7) is 10.2. The molecule has 9 heteroatoms. The number of benzene rings is 1. The molecule has 3 heterocycles. The third-order valence-corrected chi connectivity index (χ3v) is 8.16. The van der Waals surface area contributed by atoms with Crippen molar-refractivity contribution < 1.29 is 9.53 Å². The Morgan fingerprint density at radius 2 is 2.06 bits per heavy atom. The highest BCUT2D eigenvalue weighted by Crippen LogP contribution is 2.34. The molecule has 3 aromatic rings. The van der Waals surface area contributed by atoms with E-state index in [9.17, 15) is 9.59 Å². The molecule has 0 unspecified atom stereocenters. The second-order valence-corrected chi connectivity index (χ2v) is 9.92. The van der Waals surface area contributed by atoms with Crippen LogP contribution in [0, 0.1) is 0 Å². The van der Waals surface area contributed by atoms with Crippen LogP contribution in [0.5, 0.6) is 5.75 Å². The molecule has 0 spiro atoms. The maximum atomic E-state index is 13.9. The second kappa shape index (κ2) is 10.3. The van der Waals surface area contributed by atoms with E-state index in [2.05, 4.69) is 11.8 Å². The molecule has 0 N–H and O–H groups in total. The van der Waals surface area contributed by atoms with E-state index in [1.165, 1.54) is 16.6 Å². The summed E-state index contributed by atoms with van der Waals surface area (Å²) in [5.74, 6) is 0.944. The molecular weight excluding hydrogens is 456 g/mol. The van der Waals surface area contributed by atoms with Crippen molar-refractivity contribution in [1.82, 2.24) is 19.4 Å². The monoisotopic (exact) mass is 486 g/mol. The molecule has 176 valence electrons. The summed E-state index contributed by atoms with van der Waals surface area (Å²) in [6.07, 6.45) is 0.852. The summed E-state index contributed by atoms with van der Waals surface area (Å²) in [5, 5.41) is 1.25. The lowest BCUT2D eigenvalue weighted by Gasteiger charge is -2.25. The zero-order valence-electron chi connectivity index (χ0n) is 19.6. The van der Waals surface area contributed by atoms with Crippen LogP contribution in [0.3, 0.4) is 0 Å². The fourth-order valence-corrected chi connectivity index (χ4v) is 6.43. The lowest BCUT2D eigenvalue weighted by molar-refractivity contribution is -0.127. The fourth-order valence-electron chi connectivity index (χ4n) is 4.21. The number of methoxy groups -OCH3 is 1. The number of amides is 1. The fraction of sp³-hybridized carbons (Fsp3) is 0.458. The number of likely N-dealkylation sites (N-methyl/N-ethyl adjacent to an activating group) is 1. The van der Waals surface area contributed by atoms with Crippen LogP contribution in [0.2, 0.25) is 0 Å². The Morgan fingerprint density at radius 3 is 2.76 bits per heavy atom. The van der Waals surface area contributed by atoms with Crippen molar-refractivity contribution in [3.63, 3.8) is 0 Å². The molecule has 1 amide bonds. The van der Waals surface area contributed by atoms with Gasteiger partial charge < -0.3 is 9.64 Å². The molecule has 0 saturated heterocycles. The van der Waals surface area contributed by atoms with E-state index in [0.717, 1.165) is 36.4 Å². The first-order chi connectivity index (χ1) is 16.0. The van der Waals surface area contributed by atoms with E-state index in [4.69, 9.17) is 9.72 Å². The molecule has 4 rings (SSSR count). The van der Waals surface area contributed by atoms with Gasteiger partial charge in [-0.3, -0.25) is 19.1 Å². The van der Waals surface area contributed by atoms with Gasteiger partial charge in [-0.05, 0) is 44.5 Å². The van der Waals surface area contributed by atoms with Crippen LogP contribution < -0.4 is 10.3 Å². The Labute approximate surface area is 202 Å². The number of nitrogens with zero attached hydrogens (tertiary/aromatic N) is 4. The van der Waals surface area contributed by atoms with Gasteiger partial charge in [0.2, 0.25) is 5.91 Å². The zero-order chi connectivity index (χ0) is 23.5. The minimum Gasteiger partial charge on any atom is -0.497 e. The number of carbonyl (C=O) groups excluding carboxylic acids is 1. The molecule has 0 aliphatic carbocycles. The maximum Gasteiger partial charge on any atom is 0.267 e.